The van der Waals surface area contributed by atoms with Crippen molar-refractivity contribution in [3.8, 4) is 11.5 Å². The van der Waals surface area contributed by atoms with Crippen LogP contribution in [0.15, 0.2) is 23.0 Å². The Balaban J connectivity index is 1.63. The maximum atomic E-state index is 13.9. The number of likely N-dealkylation sites (N-methyl/N-ethyl adjacent to an activating group) is 1. The van der Waals surface area contributed by atoms with Crippen LogP contribution in [0.25, 0.3) is 5.76 Å². The van der Waals surface area contributed by atoms with Crippen LogP contribution < -0.4 is 21.1 Å². The summed E-state index contributed by atoms with van der Waals surface area (Å²) in [5.41, 5.74) is -0.775. The van der Waals surface area contributed by atoms with E-state index in [-0.39, 0.29) is 18.5 Å². The Labute approximate surface area is 248 Å². The van der Waals surface area contributed by atoms with E-state index in [4.69, 9.17) is 5.73 Å². The predicted molar refractivity (Wildman–Crippen MR) is 145 cm³/mol. The topological polar surface area (TPSA) is 212 Å². The number of phenols is 1. The number of aliphatic hydroxyl groups is 3. The summed E-state index contributed by atoms with van der Waals surface area (Å²) < 4.78 is 44.7. The van der Waals surface area contributed by atoms with Crippen LogP contribution in [0.5, 0.6) is 11.5 Å². The molecule has 4 aliphatic rings. The number of fused-ring (bicyclic) bond motifs is 3. The summed E-state index contributed by atoms with van der Waals surface area (Å²) in [7, 11) is 2.83. The first-order valence-electron chi connectivity index (χ1n) is 13.8. The zero-order valence-electron chi connectivity index (χ0n) is 23.6. The third kappa shape index (κ3) is 5.16. The molecule has 0 radical (unpaired) electrons. The first kappa shape index (κ1) is 31.3. The van der Waals surface area contributed by atoms with Crippen molar-refractivity contribution in [2.24, 2.45) is 23.5 Å². The van der Waals surface area contributed by atoms with Crippen LogP contribution in [0, 0.1) is 17.8 Å². The number of anilines is 1. The summed E-state index contributed by atoms with van der Waals surface area (Å²) in [6, 6.07) is -0.613. The molecule has 1 aromatic rings. The van der Waals surface area contributed by atoms with Gasteiger partial charge in [0.15, 0.2) is 17.1 Å². The highest BCUT2D eigenvalue weighted by atomic mass is 19.4. The zero-order chi connectivity index (χ0) is 32.5. The number of aliphatic hydroxyl groups excluding tert-OH is 2. The fourth-order valence-electron chi connectivity index (χ4n) is 6.49. The number of ether oxygens (including phenoxy) is 1. The number of primary amides is 1. The Morgan fingerprint density at radius 1 is 1.18 bits per heavy atom. The van der Waals surface area contributed by atoms with Crippen molar-refractivity contribution < 1.29 is 57.5 Å². The first-order chi connectivity index (χ1) is 20.5. The highest BCUT2D eigenvalue weighted by Gasteiger charge is 2.64. The predicted octanol–water partition coefficient (Wildman–Crippen LogP) is 0.801. The van der Waals surface area contributed by atoms with E-state index < -0.39 is 105 Å². The van der Waals surface area contributed by atoms with Gasteiger partial charge in [0, 0.05) is 23.1 Å². The van der Waals surface area contributed by atoms with Crippen LogP contribution >= 0.6 is 0 Å². The van der Waals surface area contributed by atoms with Crippen LogP contribution in [0.2, 0.25) is 0 Å². The number of hydrogen-bond donors (Lipinski definition) is 7. The highest BCUT2D eigenvalue weighted by molar-refractivity contribution is 6.24. The minimum Gasteiger partial charge on any atom is -0.508 e. The van der Waals surface area contributed by atoms with E-state index >= 15 is 0 Å². The largest absolute Gasteiger partial charge is 0.573 e. The maximum absolute atomic E-state index is 13.9. The number of nitrogens with two attached hydrogens (primary N) is 1. The van der Waals surface area contributed by atoms with Gasteiger partial charge in [-0.3, -0.25) is 24.1 Å². The highest BCUT2D eigenvalue weighted by Crippen LogP contribution is 2.55. The number of phenolic OH excluding ortho intramolecular Hbond substituents is 1. The molecule has 2 fully saturated rings. The Bertz CT molecular complexity index is 1530. The van der Waals surface area contributed by atoms with E-state index in [1.165, 1.54) is 19.0 Å². The van der Waals surface area contributed by atoms with E-state index in [0.29, 0.717) is 12.5 Å². The molecule has 0 aliphatic heterocycles. The van der Waals surface area contributed by atoms with Gasteiger partial charge in [-0.1, -0.05) is 0 Å². The molecule has 0 heterocycles. The van der Waals surface area contributed by atoms with Gasteiger partial charge in [-0.15, -0.1) is 13.2 Å². The Hall–Kier alpha value is -4.15. The summed E-state index contributed by atoms with van der Waals surface area (Å²) in [5.74, 6) is -10.6. The van der Waals surface area contributed by atoms with Crippen LogP contribution in [-0.4, -0.2) is 93.9 Å². The number of amides is 2. The molecule has 13 nitrogen and oxygen atoms in total. The molecule has 16 heteroatoms. The molecule has 4 aliphatic carbocycles. The maximum Gasteiger partial charge on any atom is 0.573 e. The van der Waals surface area contributed by atoms with Gasteiger partial charge in [-0.25, -0.2) is 0 Å². The van der Waals surface area contributed by atoms with Crippen molar-refractivity contribution in [2.45, 2.75) is 43.7 Å². The number of rotatable bonds is 8. The number of nitrogens with zero attached hydrogens (tertiary/aromatic N) is 1. The minimum atomic E-state index is -5.23. The van der Waals surface area contributed by atoms with E-state index in [0.717, 1.165) is 18.9 Å². The molecule has 0 spiro atoms. The molecule has 0 unspecified atom stereocenters. The van der Waals surface area contributed by atoms with E-state index in [9.17, 15) is 52.8 Å². The standard InChI is InChI=1S/C28H31F3N4O9/c1-35(2)20-13-6-11-5-12-15(44-28(29,30)31)7-14(34-16(36)9-33-8-10-3-4-10)21(37)18(12)22(38)17(11)24(40)27(13,43)25(41)19(23(20)39)26(32)42/h7,10-11,13,20,33,37-38,41,43H,3-6,8-9H2,1-2H3,(H2,32,42)(H,34,36)/t11-,13-,20-,27-/m0/s1. The number of hydrogen-bond acceptors (Lipinski definition) is 11. The molecule has 8 N–H and O–H groups in total. The normalized spacial score (nSPS) is 26.8. The van der Waals surface area contributed by atoms with Gasteiger partial charge in [0.05, 0.1) is 23.8 Å². The number of halogens is 3. The van der Waals surface area contributed by atoms with Crippen molar-refractivity contribution in [3.63, 3.8) is 0 Å². The molecule has 0 aromatic heterocycles. The van der Waals surface area contributed by atoms with E-state index in [1.54, 1.807) is 0 Å². The minimum absolute atomic E-state index is 0.232. The van der Waals surface area contributed by atoms with Gasteiger partial charge in [0.2, 0.25) is 11.7 Å². The van der Waals surface area contributed by atoms with Crippen LogP contribution in [0.1, 0.15) is 30.4 Å². The van der Waals surface area contributed by atoms with Crippen molar-refractivity contribution in [3.05, 3.63) is 34.1 Å². The quantitative estimate of drug-likeness (QED) is 0.159. The van der Waals surface area contributed by atoms with Crippen LogP contribution in [0.3, 0.4) is 0 Å². The number of carbonyl (C=O) groups is 4. The third-order valence-corrected chi connectivity index (χ3v) is 8.60. The zero-order valence-corrected chi connectivity index (χ0v) is 23.6. The van der Waals surface area contributed by atoms with Crippen molar-refractivity contribution in [1.29, 1.82) is 0 Å². The lowest BCUT2D eigenvalue weighted by Gasteiger charge is -2.50. The smallest absolute Gasteiger partial charge is 0.508 e. The lowest BCUT2D eigenvalue weighted by atomic mass is 9.57. The van der Waals surface area contributed by atoms with E-state index in [2.05, 4.69) is 15.4 Å². The fourth-order valence-corrected chi connectivity index (χ4v) is 6.49. The molecule has 4 atom stereocenters. The molecule has 44 heavy (non-hydrogen) atoms. The average molecular weight is 625 g/mol. The Morgan fingerprint density at radius 3 is 2.41 bits per heavy atom. The van der Waals surface area contributed by atoms with Crippen molar-refractivity contribution in [2.75, 3.05) is 32.5 Å². The number of Topliss-reactive ketones (excluding diaryl/α,β-unsaturated/α-hetero) is 2. The number of nitrogens with one attached hydrogen (secondary N) is 2. The second-order valence-corrected chi connectivity index (χ2v) is 11.8. The lowest BCUT2D eigenvalue weighted by Crippen LogP contribution is -2.65. The number of benzene rings is 1. The third-order valence-electron chi connectivity index (χ3n) is 8.60. The summed E-state index contributed by atoms with van der Waals surface area (Å²) in [5, 5.41) is 50.2. The molecule has 2 saturated carbocycles. The molecule has 238 valence electrons. The second kappa shape index (κ2) is 10.8. The van der Waals surface area contributed by atoms with Gasteiger partial charge in [0.1, 0.15) is 22.8 Å². The monoisotopic (exact) mass is 624 g/mol. The van der Waals surface area contributed by atoms with Gasteiger partial charge in [-0.2, -0.15) is 0 Å². The molecule has 0 bridgehead atoms. The first-order valence-corrected chi connectivity index (χ1v) is 13.8. The van der Waals surface area contributed by atoms with Gasteiger partial charge >= 0.3 is 6.36 Å². The number of ketones is 2. The van der Waals surface area contributed by atoms with Gasteiger partial charge in [0.25, 0.3) is 5.91 Å². The van der Waals surface area contributed by atoms with Crippen molar-refractivity contribution in [1.82, 2.24) is 10.2 Å². The summed E-state index contributed by atoms with van der Waals surface area (Å²) in [6.07, 6.45) is -3.99. The Kier molecular flexibility index (Phi) is 7.66. The summed E-state index contributed by atoms with van der Waals surface area (Å²) in [6.45, 7) is 0.315. The molecule has 5 rings (SSSR count). The SMILES string of the molecule is CN(C)[C@@H]1C(=O)C(C(N)=O)=C(O)[C@@]2(O)C(=O)C3=C(O)c4c(O)c(NC(=O)CNCC5CC5)cc(OC(F)(F)F)c4C[C@H]3C[C@@H]12. The Morgan fingerprint density at radius 2 is 1.84 bits per heavy atom. The van der Waals surface area contributed by atoms with Crippen LogP contribution in [0.4, 0.5) is 18.9 Å². The molecule has 2 amide bonds. The second-order valence-electron chi connectivity index (χ2n) is 11.8. The van der Waals surface area contributed by atoms with Gasteiger partial charge < -0.3 is 41.5 Å². The van der Waals surface area contributed by atoms with Crippen molar-refractivity contribution >= 4 is 34.8 Å². The molecular formula is C28H31F3N4O9. The van der Waals surface area contributed by atoms with Gasteiger partial charge in [-0.05, 0) is 58.2 Å². The number of alkyl halides is 3. The lowest BCUT2D eigenvalue weighted by molar-refractivity contribution is -0.275. The summed E-state index contributed by atoms with van der Waals surface area (Å²) >= 11 is 0. The molecular weight excluding hydrogens is 593 g/mol. The fraction of sp³-hybridized carbons (Fsp3) is 0.500. The molecule has 1 aromatic carbocycles. The summed E-state index contributed by atoms with van der Waals surface area (Å²) in [4.78, 5) is 53.0. The van der Waals surface area contributed by atoms with E-state index in [1.807, 2.05) is 0 Å². The van der Waals surface area contributed by atoms with Crippen LogP contribution in [-0.2, 0) is 25.6 Å². The average Bonchev–Trinajstić information content (AvgIpc) is 3.72. The number of carbonyl (C=O) groups excluding carboxylic acids is 4. The number of aromatic hydroxyl groups is 1. The molecule has 0 saturated heterocycles.